The number of rotatable bonds is 6. The first-order valence-electron chi connectivity index (χ1n) is 6.46. The summed E-state index contributed by atoms with van der Waals surface area (Å²) in [6.45, 7) is 0.342. The van der Waals surface area contributed by atoms with E-state index in [9.17, 15) is 9.59 Å². The van der Waals surface area contributed by atoms with Crippen molar-refractivity contribution in [3.8, 4) is 11.3 Å². The molecule has 7 heteroatoms. The summed E-state index contributed by atoms with van der Waals surface area (Å²) in [6, 6.07) is 8.62. The number of nitrogens with two attached hydrogens (primary N) is 2. The number of aromatic amines is 1. The molecule has 1 aromatic heterocycles. The van der Waals surface area contributed by atoms with Gasteiger partial charge in [-0.05, 0) is 17.2 Å². The lowest BCUT2D eigenvalue weighted by molar-refractivity contribution is -0.126. The molecule has 0 fully saturated rings. The maximum Gasteiger partial charge on any atom is 0.237 e. The molecule has 0 aliphatic carbocycles. The molecule has 21 heavy (non-hydrogen) atoms. The van der Waals surface area contributed by atoms with Crippen molar-refractivity contribution in [1.29, 1.82) is 0 Å². The molecule has 1 unspecified atom stereocenters. The van der Waals surface area contributed by atoms with Crippen LogP contribution < -0.4 is 16.8 Å². The Morgan fingerprint density at radius 3 is 2.52 bits per heavy atom. The normalized spacial score (nSPS) is 11.9. The maximum absolute atomic E-state index is 11.6. The van der Waals surface area contributed by atoms with Crippen LogP contribution in [0, 0.1) is 0 Å². The summed E-state index contributed by atoms with van der Waals surface area (Å²) in [4.78, 5) is 22.3. The highest BCUT2D eigenvalue weighted by Gasteiger charge is 2.15. The van der Waals surface area contributed by atoms with E-state index in [1.165, 1.54) is 0 Å². The molecule has 1 heterocycles. The lowest BCUT2D eigenvalue weighted by atomic mass is 10.1. The minimum Gasteiger partial charge on any atom is -0.370 e. The molecule has 0 saturated carbocycles. The predicted octanol–water partition coefficient (Wildman–Crippen LogP) is -0.104. The third-order valence-electron chi connectivity index (χ3n) is 2.99. The van der Waals surface area contributed by atoms with E-state index in [1.54, 1.807) is 6.20 Å². The lowest BCUT2D eigenvalue weighted by Gasteiger charge is -2.10. The molecule has 0 bridgehead atoms. The molecule has 0 saturated heterocycles. The van der Waals surface area contributed by atoms with Gasteiger partial charge in [-0.3, -0.25) is 14.7 Å². The Labute approximate surface area is 121 Å². The lowest BCUT2D eigenvalue weighted by Crippen LogP contribution is -2.42. The number of nitrogens with one attached hydrogen (secondary N) is 2. The molecule has 6 N–H and O–H groups in total. The average molecular weight is 287 g/mol. The van der Waals surface area contributed by atoms with E-state index in [4.69, 9.17) is 11.5 Å². The number of amides is 2. The molecule has 2 rings (SSSR count). The Balaban J connectivity index is 1.89. The molecular formula is C14H17N5O2. The number of aromatic nitrogens is 2. The molecule has 0 aliphatic rings. The number of H-pyrrole nitrogens is 1. The van der Waals surface area contributed by atoms with Gasteiger partial charge in [0.15, 0.2) is 0 Å². The number of primary amides is 1. The van der Waals surface area contributed by atoms with Crippen molar-refractivity contribution in [2.75, 3.05) is 0 Å². The Morgan fingerprint density at radius 1 is 1.24 bits per heavy atom. The molecule has 110 valence electrons. The van der Waals surface area contributed by atoms with E-state index in [2.05, 4.69) is 15.5 Å². The number of carbonyl (C=O) groups excluding carboxylic acids is 2. The fourth-order valence-corrected chi connectivity index (χ4v) is 1.85. The highest BCUT2D eigenvalue weighted by atomic mass is 16.2. The highest BCUT2D eigenvalue weighted by Crippen LogP contribution is 2.16. The SMILES string of the molecule is NC(=O)CC(N)C(=O)NCc1ccc(-c2ccn[nH]2)cc1. The van der Waals surface area contributed by atoms with Crippen LogP contribution in [0.15, 0.2) is 36.5 Å². The predicted molar refractivity (Wildman–Crippen MR) is 77.7 cm³/mol. The summed E-state index contributed by atoms with van der Waals surface area (Å²) < 4.78 is 0. The smallest absolute Gasteiger partial charge is 0.237 e. The van der Waals surface area contributed by atoms with Gasteiger partial charge in [0.05, 0.1) is 18.2 Å². The first kappa shape index (κ1) is 14.7. The van der Waals surface area contributed by atoms with Crippen LogP contribution >= 0.6 is 0 Å². The second-order valence-corrected chi connectivity index (χ2v) is 4.66. The van der Waals surface area contributed by atoms with E-state index < -0.39 is 17.9 Å². The van der Waals surface area contributed by atoms with Crippen molar-refractivity contribution in [2.24, 2.45) is 11.5 Å². The summed E-state index contributed by atoms with van der Waals surface area (Å²) in [5.74, 6) is -0.993. The van der Waals surface area contributed by atoms with Gasteiger partial charge in [-0.15, -0.1) is 0 Å². The number of hydrogen-bond donors (Lipinski definition) is 4. The zero-order valence-corrected chi connectivity index (χ0v) is 11.4. The molecule has 7 nitrogen and oxygen atoms in total. The number of nitrogens with zero attached hydrogens (tertiary/aromatic N) is 1. The van der Waals surface area contributed by atoms with E-state index in [0.717, 1.165) is 16.8 Å². The van der Waals surface area contributed by atoms with Gasteiger partial charge in [-0.25, -0.2) is 0 Å². The number of benzene rings is 1. The zero-order valence-electron chi connectivity index (χ0n) is 11.4. The van der Waals surface area contributed by atoms with Gasteiger partial charge in [-0.1, -0.05) is 24.3 Å². The van der Waals surface area contributed by atoms with Crippen LogP contribution in [0.2, 0.25) is 0 Å². The molecular weight excluding hydrogens is 270 g/mol. The number of carbonyl (C=O) groups is 2. The fraction of sp³-hybridized carbons (Fsp3) is 0.214. The quantitative estimate of drug-likeness (QED) is 0.591. The average Bonchev–Trinajstić information content (AvgIpc) is 2.98. The topological polar surface area (TPSA) is 127 Å². The van der Waals surface area contributed by atoms with Crippen LogP contribution in [0.5, 0.6) is 0 Å². The minimum atomic E-state index is -0.910. The van der Waals surface area contributed by atoms with E-state index in [-0.39, 0.29) is 6.42 Å². The standard InChI is InChI=1S/C14H17N5O2/c15-11(7-13(16)20)14(21)17-8-9-1-3-10(4-2-9)12-5-6-18-19-12/h1-6,11H,7-8,15H2,(H2,16,20)(H,17,21)(H,18,19). The van der Waals surface area contributed by atoms with Gasteiger partial charge < -0.3 is 16.8 Å². The monoisotopic (exact) mass is 287 g/mol. The van der Waals surface area contributed by atoms with Gasteiger partial charge >= 0.3 is 0 Å². The minimum absolute atomic E-state index is 0.162. The van der Waals surface area contributed by atoms with Crippen molar-refractivity contribution in [3.05, 3.63) is 42.1 Å². The van der Waals surface area contributed by atoms with Crippen LogP contribution in [0.3, 0.4) is 0 Å². The molecule has 2 aromatic rings. The van der Waals surface area contributed by atoms with Crippen LogP contribution in [-0.4, -0.2) is 28.1 Å². The third kappa shape index (κ3) is 4.15. The summed E-state index contributed by atoms with van der Waals surface area (Å²) in [7, 11) is 0. The largest absolute Gasteiger partial charge is 0.370 e. The van der Waals surface area contributed by atoms with Crippen LogP contribution in [0.4, 0.5) is 0 Å². The van der Waals surface area contributed by atoms with Crippen LogP contribution in [-0.2, 0) is 16.1 Å². The summed E-state index contributed by atoms with van der Waals surface area (Å²) in [6.07, 6.45) is 1.52. The summed E-state index contributed by atoms with van der Waals surface area (Å²) >= 11 is 0. The molecule has 0 aliphatic heterocycles. The Bertz CT molecular complexity index is 607. The van der Waals surface area contributed by atoms with E-state index in [1.807, 2.05) is 30.3 Å². The molecule has 1 atom stereocenters. The van der Waals surface area contributed by atoms with Crippen molar-refractivity contribution in [1.82, 2.24) is 15.5 Å². The highest BCUT2D eigenvalue weighted by molar-refractivity contribution is 5.87. The van der Waals surface area contributed by atoms with E-state index >= 15 is 0 Å². The van der Waals surface area contributed by atoms with Crippen molar-refractivity contribution in [2.45, 2.75) is 19.0 Å². The summed E-state index contributed by atoms with van der Waals surface area (Å²) in [5, 5.41) is 9.43. The Kier molecular flexibility index (Phi) is 4.68. The van der Waals surface area contributed by atoms with Crippen molar-refractivity contribution >= 4 is 11.8 Å². The van der Waals surface area contributed by atoms with Gasteiger partial charge in [0.1, 0.15) is 0 Å². The van der Waals surface area contributed by atoms with E-state index in [0.29, 0.717) is 6.54 Å². The second kappa shape index (κ2) is 6.67. The van der Waals surface area contributed by atoms with Crippen LogP contribution in [0.1, 0.15) is 12.0 Å². The number of hydrogen-bond acceptors (Lipinski definition) is 4. The second-order valence-electron chi connectivity index (χ2n) is 4.66. The molecule has 2 amide bonds. The van der Waals surface area contributed by atoms with Crippen molar-refractivity contribution in [3.63, 3.8) is 0 Å². The maximum atomic E-state index is 11.6. The van der Waals surface area contributed by atoms with Gasteiger partial charge in [0.25, 0.3) is 0 Å². The first-order valence-corrected chi connectivity index (χ1v) is 6.46. The molecule has 0 spiro atoms. The Hall–Kier alpha value is -2.67. The fourth-order valence-electron chi connectivity index (χ4n) is 1.85. The van der Waals surface area contributed by atoms with Gasteiger partial charge in [0.2, 0.25) is 11.8 Å². The van der Waals surface area contributed by atoms with Gasteiger partial charge in [-0.2, -0.15) is 5.10 Å². The zero-order chi connectivity index (χ0) is 15.2. The molecule has 1 aromatic carbocycles. The van der Waals surface area contributed by atoms with Gasteiger partial charge in [0, 0.05) is 12.7 Å². The first-order chi connectivity index (χ1) is 10.1. The summed E-state index contributed by atoms with van der Waals surface area (Å²) in [5.41, 5.74) is 13.4. The Morgan fingerprint density at radius 2 is 1.95 bits per heavy atom. The van der Waals surface area contributed by atoms with Crippen molar-refractivity contribution < 1.29 is 9.59 Å². The molecule has 0 radical (unpaired) electrons. The third-order valence-corrected chi connectivity index (χ3v) is 2.99. The van der Waals surface area contributed by atoms with Crippen LogP contribution in [0.25, 0.3) is 11.3 Å².